The quantitative estimate of drug-likeness (QED) is 0.648. The molecular weight excluding hydrogens is 178 g/mol. The van der Waals surface area contributed by atoms with Crippen molar-refractivity contribution in [3.8, 4) is 0 Å². The molecule has 1 aliphatic rings. The number of hydroxylamine groups is 2. The summed E-state index contributed by atoms with van der Waals surface area (Å²) in [6.07, 6.45) is 2.36. The first-order valence-electron chi connectivity index (χ1n) is 5.37. The Morgan fingerprint density at radius 2 is 2.07 bits per heavy atom. The first kappa shape index (κ1) is 11.5. The maximum absolute atomic E-state index is 11.6. The van der Waals surface area contributed by atoms with Gasteiger partial charge in [-0.1, -0.05) is 6.92 Å². The van der Waals surface area contributed by atoms with Gasteiger partial charge in [-0.15, -0.1) is 5.06 Å². The molecule has 1 atom stereocenters. The molecule has 3 nitrogen and oxygen atoms in total. The molecule has 0 aromatic rings. The molecule has 0 aromatic carbocycles. The van der Waals surface area contributed by atoms with Crippen molar-refractivity contribution in [2.45, 2.75) is 40.5 Å². The SMILES string of the molecule is CC1CCCN(OC(=O)C(C)(C)C)C1. The van der Waals surface area contributed by atoms with Crippen LogP contribution in [0.1, 0.15) is 40.5 Å². The van der Waals surface area contributed by atoms with E-state index >= 15 is 0 Å². The van der Waals surface area contributed by atoms with Crippen LogP contribution in [0.25, 0.3) is 0 Å². The van der Waals surface area contributed by atoms with Crippen molar-refractivity contribution < 1.29 is 9.63 Å². The fourth-order valence-corrected chi connectivity index (χ4v) is 1.48. The zero-order valence-corrected chi connectivity index (χ0v) is 9.67. The minimum atomic E-state index is -0.402. The second-order valence-electron chi connectivity index (χ2n) is 5.26. The molecule has 0 aliphatic carbocycles. The van der Waals surface area contributed by atoms with Gasteiger partial charge in [-0.2, -0.15) is 0 Å². The molecule has 0 amide bonds. The Hall–Kier alpha value is -0.570. The van der Waals surface area contributed by atoms with E-state index < -0.39 is 5.41 Å². The van der Waals surface area contributed by atoms with E-state index in [1.807, 2.05) is 25.8 Å². The van der Waals surface area contributed by atoms with Crippen LogP contribution < -0.4 is 0 Å². The normalized spacial score (nSPS) is 24.7. The van der Waals surface area contributed by atoms with Gasteiger partial charge in [-0.05, 0) is 39.5 Å². The van der Waals surface area contributed by atoms with Gasteiger partial charge >= 0.3 is 5.97 Å². The van der Waals surface area contributed by atoms with E-state index in [0.29, 0.717) is 5.92 Å². The van der Waals surface area contributed by atoms with Crippen molar-refractivity contribution in [2.24, 2.45) is 11.3 Å². The molecule has 1 heterocycles. The maximum atomic E-state index is 11.6. The Bertz CT molecular complexity index is 208. The summed E-state index contributed by atoms with van der Waals surface area (Å²) in [5, 5.41) is 1.81. The number of carbonyl (C=O) groups is 1. The first-order chi connectivity index (χ1) is 6.39. The first-order valence-corrected chi connectivity index (χ1v) is 5.37. The van der Waals surface area contributed by atoms with E-state index in [0.717, 1.165) is 19.5 Å². The topological polar surface area (TPSA) is 29.5 Å². The molecule has 1 aliphatic heterocycles. The number of nitrogens with zero attached hydrogens (tertiary/aromatic N) is 1. The summed E-state index contributed by atoms with van der Waals surface area (Å²) in [4.78, 5) is 16.9. The van der Waals surface area contributed by atoms with Crippen LogP contribution in [0.2, 0.25) is 0 Å². The van der Waals surface area contributed by atoms with E-state index in [4.69, 9.17) is 4.84 Å². The van der Waals surface area contributed by atoms with E-state index in [1.54, 1.807) is 0 Å². The van der Waals surface area contributed by atoms with Gasteiger partial charge in [-0.25, -0.2) is 4.79 Å². The lowest BCUT2D eigenvalue weighted by atomic mass is 9.97. The lowest BCUT2D eigenvalue weighted by molar-refractivity contribution is -0.207. The molecule has 1 saturated heterocycles. The van der Waals surface area contributed by atoms with Crippen molar-refractivity contribution in [1.29, 1.82) is 0 Å². The number of carbonyl (C=O) groups excluding carboxylic acids is 1. The van der Waals surface area contributed by atoms with Gasteiger partial charge in [0, 0.05) is 13.1 Å². The van der Waals surface area contributed by atoms with Crippen LogP contribution in [0.4, 0.5) is 0 Å². The summed E-state index contributed by atoms with van der Waals surface area (Å²) in [7, 11) is 0. The van der Waals surface area contributed by atoms with Gasteiger partial charge in [0.1, 0.15) is 0 Å². The van der Waals surface area contributed by atoms with Crippen LogP contribution >= 0.6 is 0 Å². The van der Waals surface area contributed by atoms with Crippen molar-refractivity contribution in [3.63, 3.8) is 0 Å². The molecule has 1 unspecified atom stereocenters. The molecule has 82 valence electrons. The Balaban J connectivity index is 2.40. The average molecular weight is 199 g/mol. The molecule has 14 heavy (non-hydrogen) atoms. The molecule has 0 aromatic heterocycles. The third-order valence-corrected chi connectivity index (χ3v) is 2.44. The summed E-state index contributed by atoms with van der Waals surface area (Å²) in [5.41, 5.74) is -0.402. The van der Waals surface area contributed by atoms with E-state index in [1.165, 1.54) is 6.42 Å². The van der Waals surface area contributed by atoms with E-state index in [-0.39, 0.29) is 5.97 Å². The fraction of sp³-hybridized carbons (Fsp3) is 0.909. The van der Waals surface area contributed by atoms with Crippen molar-refractivity contribution in [2.75, 3.05) is 13.1 Å². The summed E-state index contributed by atoms with van der Waals surface area (Å²) in [6, 6.07) is 0. The highest BCUT2D eigenvalue weighted by Gasteiger charge is 2.27. The van der Waals surface area contributed by atoms with Crippen LogP contribution in [0.15, 0.2) is 0 Å². The van der Waals surface area contributed by atoms with Gasteiger partial charge in [0.2, 0.25) is 0 Å². The second kappa shape index (κ2) is 4.30. The summed E-state index contributed by atoms with van der Waals surface area (Å²) in [6.45, 7) is 9.58. The monoisotopic (exact) mass is 199 g/mol. The molecule has 1 rings (SSSR count). The summed E-state index contributed by atoms with van der Waals surface area (Å²) >= 11 is 0. The third-order valence-electron chi connectivity index (χ3n) is 2.44. The zero-order chi connectivity index (χ0) is 10.8. The van der Waals surface area contributed by atoms with Gasteiger partial charge in [0.15, 0.2) is 0 Å². The highest BCUT2D eigenvalue weighted by molar-refractivity contribution is 5.75. The highest BCUT2D eigenvalue weighted by atomic mass is 16.7. The largest absolute Gasteiger partial charge is 0.367 e. The van der Waals surface area contributed by atoms with E-state index in [9.17, 15) is 4.79 Å². The molecule has 0 spiro atoms. The predicted octanol–water partition coefficient (Wildman–Crippen LogP) is 2.22. The van der Waals surface area contributed by atoms with Crippen LogP contribution in [0.3, 0.4) is 0 Å². The number of hydrogen-bond donors (Lipinski definition) is 0. The second-order valence-corrected chi connectivity index (χ2v) is 5.26. The standard InChI is InChI=1S/C11H21NO2/c1-9-6-5-7-12(8-9)14-10(13)11(2,3)4/h9H,5-8H2,1-4H3. The predicted molar refractivity (Wildman–Crippen MR) is 55.5 cm³/mol. The van der Waals surface area contributed by atoms with Crippen LogP contribution in [0, 0.1) is 11.3 Å². The zero-order valence-electron chi connectivity index (χ0n) is 9.67. The Morgan fingerprint density at radius 3 is 2.57 bits per heavy atom. The number of piperidine rings is 1. The smallest absolute Gasteiger partial charge is 0.330 e. The van der Waals surface area contributed by atoms with Crippen LogP contribution in [-0.2, 0) is 9.63 Å². The minimum Gasteiger partial charge on any atom is -0.367 e. The number of rotatable bonds is 1. The van der Waals surface area contributed by atoms with Crippen LogP contribution in [-0.4, -0.2) is 24.1 Å². The van der Waals surface area contributed by atoms with Crippen molar-refractivity contribution in [1.82, 2.24) is 5.06 Å². The Morgan fingerprint density at radius 1 is 1.43 bits per heavy atom. The molecule has 0 N–H and O–H groups in total. The third kappa shape index (κ3) is 3.29. The summed E-state index contributed by atoms with van der Waals surface area (Å²) in [5.74, 6) is 0.503. The molecule has 1 fully saturated rings. The van der Waals surface area contributed by atoms with Gasteiger partial charge in [0.05, 0.1) is 5.41 Å². The van der Waals surface area contributed by atoms with E-state index in [2.05, 4.69) is 6.92 Å². The fourth-order valence-electron chi connectivity index (χ4n) is 1.48. The highest BCUT2D eigenvalue weighted by Crippen LogP contribution is 2.20. The molecular formula is C11H21NO2. The lowest BCUT2D eigenvalue weighted by Gasteiger charge is -2.31. The maximum Gasteiger partial charge on any atom is 0.330 e. The minimum absolute atomic E-state index is 0.133. The van der Waals surface area contributed by atoms with Crippen LogP contribution in [0.5, 0.6) is 0 Å². The molecule has 0 saturated carbocycles. The Kier molecular flexibility index (Phi) is 3.53. The molecule has 0 radical (unpaired) electrons. The summed E-state index contributed by atoms with van der Waals surface area (Å²) < 4.78 is 0. The van der Waals surface area contributed by atoms with Gasteiger partial charge in [0.25, 0.3) is 0 Å². The molecule has 3 heteroatoms. The van der Waals surface area contributed by atoms with Crippen molar-refractivity contribution >= 4 is 5.97 Å². The van der Waals surface area contributed by atoms with Gasteiger partial charge in [-0.3, -0.25) is 0 Å². The van der Waals surface area contributed by atoms with Gasteiger partial charge < -0.3 is 4.84 Å². The Labute approximate surface area is 86.4 Å². The lowest BCUT2D eigenvalue weighted by Crippen LogP contribution is -2.39. The molecule has 0 bridgehead atoms. The number of hydrogen-bond acceptors (Lipinski definition) is 3. The van der Waals surface area contributed by atoms with Crippen molar-refractivity contribution in [3.05, 3.63) is 0 Å². The average Bonchev–Trinajstić information content (AvgIpc) is 2.02.